The SMILES string of the molecule is C/C(=N\N=C(\[O-])c1ccccc1)c1ccccn1.CCC[CH2][Sn+]([Cl])[Cl]. The van der Waals surface area contributed by atoms with Gasteiger partial charge in [0, 0.05) is 12.1 Å². The van der Waals surface area contributed by atoms with Crippen molar-refractivity contribution in [1.82, 2.24) is 4.98 Å². The topological polar surface area (TPSA) is 60.7 Å². The first-order valence-electron chi connectivity index (χ1n) is 7.97. The van der Waals surface area contributed by atoms with Gasteiger partial charge < -0.3 is 5.11 Å². The Bertz CT molecular complexity index is 611. The van der Waals surface area contributed by atoms with Gasteiger partial charge in [0.15, 0.2) is 0 Å². The zero-order valence-electron chi connectivity index (χ0n) is 14.3. The van der Waals surface area contributed by atoms with Gasteiger partial charge in [0.25, 0.3) is 0 Å². The van der Waals surface area contributed by atoms with E-state index in [1.54, 1.807) is 37.4 Å². The van der Waals surface area contributed by atoms with Gasteiger partial charge in [-0.05, 0) is 24.6 Å². The molecule has 0 atom stereocenters. The number of unbranched alkanes of at least 4 members (excludes halogenated alkanes) is 1. The predicted molar refractivity (Wildman–Crippen MR) is 107 cm³/mol. The molecule has 1 heterocycles. The van der Waals surface area contributed by atoms with Crippen molar-refractivity contribution in [3.63, 3.8) is 0 Å². The molecule has 0 saturated heterocycles. The average Bonchev–Trinajstić information content (AvgIpc) is 2.66. The van der Waals surface area contributed by atoms with Gasteiger partial charge in [0.05, 0.1) is 11.4 Å². The Morgan fingerprint density at radius 2 is 1.76 bits per heavy atom. The summed E-state index contributed by atoms with van der Waals surface area (Å²) < 4.78 is 1.13. The first kappa shape index (κ1) is 21.9. The van der Waals surface area contributed by atoms with E-state index >= 15 is 0 Å². The van der Waals surface area contributed by atoms with E-state index < -0.39 is 17.5 Å². The van der Waals surface area contributed by atoms with E-state index in [2.05, 4.69) is 22.1 Å². The fraction of sp³-hybridized carbons (Fsp3) is 0.278. The summed E-state index contributed by atoms with van der Waals surface area (Å²) >= 11 is -1.70. The Morgan fingerprint density at radius 1 is 1.08 bits per heavy atom. The van der Waals surface area contributed by atoms with E-state index in [1.807, 2.05) is 24.3 Å². The van der Waals surface area contributed by atoms with Gasteiger partial charge in [-0.2, -0.15) is 10.2 Å². The van der Waals surface area contributed by atoms with Crippen molar-refractivity contribution in [1.29, 1.82) is 0 Å². The van der Waals surface area contributed by atoms with Crippen LogP contribution in [0, 0.1) is 0 Å². The molecule has 0 spiro atoms. The van der Waals surface area contributed by atoms with Crippen LogP contribution in [-0.2, 0) is 0 Å². The normalized spacial score (nSPS) is 11.5. The third-order valence-corrected chi connectivity index (χ3v) is 7.69. The van der Waals surface area contributed by atoms with Crippen molar-refractivity contribution in [2.45, 2.75) is 31.1 Å². The molecule has 0 amide bonds. The number of pyridine rings is 1. The summed E-state index contributed by atoms with van der Waals surface area (Å²) in [5.74, 6) is -0.356. The van der Waals surface area contributed by atoms with Crippen LogP contribution < -0.4 is 5.11 Å². The zero-order chi connectivity index (χ0) is 18.5. The molecule has 25 heavy (non-hydrogen) atoms. The maximum absolute atomic E-state index is 11.7. The Hall–Kier alpha value is -1.11. The van der Waals surface area contributed by atoms with Gasteiger partial charge in [-0.3, -0.25) is 4.98 Å². The molecule has 7 heteroatoms. The summed E-state index contributed by atoms with van der Waals surface area (Å²) in [6.07, 6.45) is 4.12. The van der Waals surface area contributed by atoms with Crippen LogP contribution in [0.25, 0.3) is 0 Å². The molecule has 132 valence electrons. The predicted octanol–water partition coefficient (Wildman–Crippen LogP) is 4.37. The first-order valence-corrected chi connectivity index (χ1v) is 17.2. The number of halogens is 2. The number of rotatable bonds is 6. The fourth-order valence-corrected chi connectivity index (χ4v) is 5.26. The van der Waals surface area contributed by atoms with Crippen LogP contribution in [0.4, 0.5) is 0 Å². The van der Waals surface area contributed by atoms with Gasteiger partial charge in [-0.15, -0.1) is 0 Å². The molecule has 1 aromatic carbocycles. The van der Waals surface area contributed by atoms with Gasteiger partial charge >= 0.3 is 59.6 Å². The number of nitrogens with zero attached hydrogens (tertiary/aromatic N) is 3. The third-order valence-electron chi connectivity index (χ3n) is 3.07. The van der Waals surface area contributed by atoms with Crippen molar-refractivity contribution in [3.8, 4) is 0 Å². The van der Waals surface area contributed by atoms with Crippen LogP contribution in [0.3, 0.4) is 0 Å². The molecule has 2 aromatic rings. The summed E-state index contributed by atoms with van der Waals surface area (Å²) in [5.41, 5.74) is 1.84. The van der Waals surface area contributed by atoms with Gasteiger partial charge in [-0.25, -0.2) is 0 Å². The molecule has 0 aliphatic carbocycles. The average molecular weight is 485 g/mol. The van der Waals surface area contributed by atoms with Crippen molar-refractivity contribution in [2.75, 3.05) is 0 Å². The van der Waals surface area contributed by atoms with E-state index in [4.69, 9.17) is 17.8 Å². The van der Waals surface area contributed by atoms with E-state index in [0.717, 1.165) is 4.44 Å². The van der Waals surface area contributed by atoms with Gasteiger partial charge in [0.2, 0.25) is 0 Å². The Labute approximate surface area is 163 Å². The van der Waals surface area contributed by atoms with Crippen LogP contribution in [0.1, 0.15) is 37.9 Å². The summed E-state index contributed by atoms with van der Waals surface area (Å²) in [5, 5.41) is 19.3. The summed E-state index contributed by atoms with van der Waals surface area (Å²) in [4.78, 5) is 4.13. The standard InChI is InChI=1S/C14H13N3O.C4H9.2ClH.Sn/c1-11(13-9-5-6-10-15-13)16-17-14(18)12-7-3-2-4-8-12;1-3-4-2;;;/h2-10H,1H3,(H,17,18);1,3-4H2,2H3;2*1H;/q;;;;+3/p-3/b16-11+;;;;. The molecule has 1 aromatic heterocycles. The minimum absolute atomic E-state index is 0.356. The molecule has 2 rings (SSSR count). The summed E-state index contributed by atoms with van der Waals surface area (Å²) in [6.45, 7) is 3.92. The quantitative estimate of drug-likeness (QED) is 0.264. The molecule has 0 aliphatic rings. The number of hydrogen-bond donors (Lipinski definition) is 0. The number of aromatic nitrogens is 1. The van der Waals surface area contributed by atoms with E-state index in [-0.39, 0.29) is 5.90 Å². The Morgan fingerprint density at radius 3 is 2.28 bits per heavy atom. The van der Waals surface area contributed by atoms with Crippen LogP contribution in [0.15, 0.2) is 64.9 Å². The second-order valence-corrected chi connectivity index (χ2v) is 15.9. The van der Waals surface area contributed by atoms with Gasteiger partial charge in [-0.1, -0.05) is 36.4 Å². The second kappa shape index (κ2) is 13.1. The molecule has 0 aliphatic heterocycles. The second-order valence-electron chi connectivity index (χ2n) is 5.11. The van der Waals surface area contributed by atoms with E-state index in [1.165, 1.54) is 12.8 Å². The van der Waals surface area contributed by atoms with Crippen LogP contribution in [0.2, 0.25) is 4.44 Å². The van der Waals surface area contributed by atoms with Crippen LogP contribution >= 0.6 is 17.8 Å². The first-order chi connectivity index (χ1) is 12.0. The Kier molecular flexibility index (Phi) is 11.5. The van der Waals surface area contributed by atoms with Crippen LogP contribution in [-0.4, -0.2) is 34.1 Å². The molecule has 0 fully saturated rings. The van der Waals surface area contributed by atoms with Crippen LogP contribution in [0.5, 0.6) is 0 Å². The monoisotopic (exact) mass is 485 g/mol. The zero-order valence-corrected chi connectivity index (χ0v) is 18.7. The van der Waals surface area contributed by atoms with Gasteiger partial charge in [0.1, 0.15) is 0 Å². The molecular formula is C18H21Cl2N3OSn. The molecule has 0 radical (unpaired) electrons. The minimum atomic E-state index is -1.70. The van der Waals surface area contributed by atoms with Crippen molar-refractivity contribution in [2.24, 2.45) is 10.2 Å². The Balaban J connectivity index is 0.000000381. The molecule has 0 bridgehead atoms. The van der Waals surface area contributed by atoms with Crippen molar-refractivity contribution >= 4 is 47.0 Å². The third kappa shape index (κ3) is 9.82. The molecule has 0 saturated carbocycles. The maximum atomic E-state index is 11.7. The number of benzene rings is 1. The number of hydrogen-bond acceptors (Lipinski definition) is 4. The van der Waals surface area contributed by atoms with E-state index in [0.29, 0.717) is 17.0 Å². The summed E-state index contributed by atoms with van der Waals surface area (Å²) in [7, 11) is 11.2. The summed E-state index contributed by atoms with van der Waals surface area (Å²) in [6, 6.07) is 14.3. The molecule has 0 N–H and O–H groups in total. The molecular weight excluding hydrogens is 464 g/mol. The molecule has 4 nitrogen and oxygen atoms in total. The van der Waals surface area contributed by atoms with Crippen molar-refractivity contribution in [3.05, 3.63) is 66.0 Å². The van der Waals surface area contributed by atoms with E-state index in [9.17, 15) is 5.11 Å². The fourth-order valence-electron chi connectivity index (χ4n) is 1.70. The van der Waals surface area contributed by atoms with Crippen molar-refractivity contribution < 1.29 is 5.11 Å². The molecule has 0 unspecified atom stereocenters.